The molecular formula is C13H17BrO2. The SMILES string of the molecule is CCOC(=O)Cc1c(C)ccc(CBr)c1C. The minimum absolute atomic E-state index is 0.152. The smallest absolute Gasteiger partial charge is 0.310 e. The number of benzene rings is 1. The van der Waals surface area contributed by atoms with Crippen LogP contribution in [0.5, 0.6) is 0 Å². The Balaban J connectivity index is 2.98. The van der Waals surface area contributed by atoms with Crippen molar-refractivity contribution in [2.24, 2.45) is 0 Å². The fourth-order valence-corrected chi connectivity index (χ4v) is 2.32. The number of alkyl halides is 1. The van der Waals surface area contributed by atoms with Crippen LogP contribution in [0.3, 0.4) is 0 Å². The third-order valence-electron chi connectivity index (χ3n) is 2.72. The predicted molar refractivity (Wildman–Crippen MR) is 68.9 cm³/mol. The summed E-state index contributed by atoms with van der Waals surface area (Å²) in [5.41, 5.74) is 4.65. The molecule has 0 aliphatic rings. The molecule has 1 rings (SSSR count). The first-order valence-electron chi connectivity index (χ1n) is 5.39. The van der Waals surface area contributed by atoms with E-state index in [0.29, 0.717) is 13.0 Å². The lowest BCUT2D eigenvalue weighted by molar-refractivity contribution is -0.142. The molecule has 0 amide bonds. The summed E-state index contributed by atoms with van der Waals surface area (Å²) in [7, 11) is 0. The van der Waals surface area contributed by atoms with Crippen LogP contribution in [-0.4, -0.2) is 12.6 Å². The second-order valence-corrected chi connectivity index (χ2v) is 4.32. The van der Waals surface area contributed by atoms with Crippen molar-refractivity contribution in [2.45, 2.75) is 32.5 Å². The summed E-state index contributed by atoms with van der Waals surface area (Å²) >= 11 is 3.45. The number of ether oxygens (including phenoxy) is 1. The molecule has 0 unspecified atom stereocenters. The van der Waals surface area contributed by atoms with Gasteiger partial charge in [0.1, 0.15) is 0 Å². The first kappa shape index (κ1) is 13.2. The van der Waals surface area contributed by atoms with Crippen LogP contribution in [-0.2, 0) is 21.3 Å². The average Bonchev–Trinajstić information content (AvgIpc) is 2.25. The average molecular weight is 285 g/mol. The van der Waals surface area contributed by atoms with Crippen LogP contribution in [0.25, 0.3) is 0 Å². The molecule has 88 valence electrons. The van der Waals surface area contributed by atoms with Crippen molar-refractivity contribution in [1.29, 1.82) is 0 Å². The van der Waals surface area contributed by atoms with Crippen molar-refractivity contribution in [3.63, 3.8) is 0 Å². The lowest BCUT2D eigenvalue weighted by Crippen LogP contribution is -2.10. The van der Waals surface area contributed by atoms with Crippen LogP contribution in [0, 0.1) is 13.8 Å². The molecule has 0 aliphatic heterocycles. The van der Waals surface area contributed by atoms with Gasteiger partial charge >= 0.3 is 5.97 Å². The van der Waals surface area contributed by atoms with Crippen LogP contribution in [0.1, 0.15) is 29.2 Å². The van der Waals surface area contributed by atoms with Crippen LogP contribution < -0.4 is 0 Å². The van der Waals surface area contributed by atoms with Crippen LogP contribution in [0.15, 0.2) is 12.1 Å². The molecule has 0 saturated heterocycles. The fraction of sp³-hybridized carbons (Fsp3) is 0.462. The van der Waals surface area contributed by atoms with Gasteiger partial charge in [-0.1, -0.05) is 28.1 Å². The molecule has 3 heteroatoms. The van der Waals surface area contributed by atoms with E-state index in [-0.39, 0.29) is 5.97 Å². The molecule has 16 heavy (non-hydrogen) atoms. The normalized spacial score (nSPS) is 10.2. The number of esters is 1. The summed E-state index contributed by atoms with van der Waals surface area (Å²) in [6.45, 7) is 6.35. The lowest BCUT2D eigenvalue weighted by Gasteiger charge is -2.12. The third kappa shape index (κ3) is 3.08. The van der Waals surface area contributed by atoms with Gasteiger partial charge in [-0.15, -0.1) is 0 Å². The van der Waals surface area contributed by atoms with Gasteiger partial charge in [-0.2, -0.15) is 0 Å². The number of hydrogen-bond donors (Lipinski definition) is 0. The lowest BCUT2D eigenvalue weighted by atomic mass is 9.96. The Morgan fingerprint density at radius 3 is 2.62 bits per heavy atom. The van der Waals surface area contributed by atoms with E-state index < -0.39 is 0 Å². The van der Waals surface area contributed by atoms with E-state index in [2.05, 4.69) is 35.0 Å². The van der Waals surface area contributed by atoms with Crippen molar-refractivity contribution >= 4 is 21.9 Å². The molecule has 0 aromatic heterocycles. The van der Waals surface area contributed by atoms with Gasteiger partial charge in [0, 0.05) is 5.33 Å². The Labute approximate surface area is 105 Å². The largest absolute Gasteiger partial charge is 0.466 e. The Hall–Kier alpha value is -0.830. The van der Waals surface area contributed by atoms with Crippen molar-refractivity contribution in [1.82, 2.24) is 0 Å². The summed E-state index contributed by atoms with van der Waals surface area (Å²) in [5, 5.41) is 0.814. The zero-order valence-corrected chi connectivity index (χ0v) is 11.6. The van der Waals surface area contributed by atoms with E-state index in [9.17, 15) is 4.79 Å². The van der Waals surface area contributed by atoms with Crippen LogP contribution in [0.4, 0.5) is 0 Å². The molecule has 0 bridgehead atoms. The first-order chi connectivity index (χ1) is 7.60. The van der Waals surface area contributed by atoms with Gasteiger partial charge in [-0.25, -0.2) is 0 Å². The van der Waals surface area contributed by atoms with Gasteiger partial charge in [-0.3, -0.25) is 4.79 Å². The quantitative estimate of drug-likeness (QED) is 0.626. The van der Waals surface area contributed by atoms with Gasteiger partial charge in [-0.05, 0) is 43.0 Å². The van der Waals surface area contributed by atoms with E-state index in [1.54, 1.807) is 0 Å². The third-order valence-corrected chi connectivity index (χ3v) is 3.32. The highest BCUT2D eigenvalue weighted by Gasteiger charge is 2.11. The van der Waals surface area contributed by atoms with E-state index in [4.69, 9.17) is 4.74 Å². The van der Waals surface area contributed by atoms with E-state index >= 15 is 0 Å². The van der Waals surface area contributed by atoms with Crippen molar-refractivity contribution in [3.8, 4) is 0 Å². The number of aryl methyl sites for hydroxylation is 1. The molecule has 1 aromatic carbocycles. The van der Waals surface area contributed by atoms with Gasteiger partial charge in [0.25, 0.3) is 0 Å². The Morgan fingerprint density at radius 2 is 2.06 bits per heavy atom. The van der Waals surface area contributed by atoms with Gasteiger partial charge in [0.15, 0.2) is 0 Å². The second kappa shape index (κ2) is 6.04. The molecule has 0 aliphatic carbocycles. The van der Waals surface area contributed by atoms with Crippen LogP contribution >= 0.6 is 15.9 Å². The maximum absolute atomic E-state index is 11.5. The maximum Gasteiger partial charge on any atom is 0.310 e. The van der Waals surface area contributed by atoms with Gasteiger partial charge < -0.3 is 4.74 Å². The topological polar surface area (TPSA) is 26.3 Å². The molecular weight excluding hydrogens is 268 g/mol. The molecule has 1 aromatic rings. The van der Waals surface area contributed by atoms with Gasteiger partial charge in [0.05, 0.1) is 13.0 Å². The highest BCUT2D eigenvalue weighted by atomic mass is 79.9. The summed E-state index contributed by atoms with van der Waals surface area (Å²) < 4.78 is 4.98. The molecule has 0 saturated carbocycles. The second-order valence-electron chi connectivity index (χ2n) is 3.76. The standard InChI is InChI=1S/C13H17BrO2/c1-4-16-13(15)7-12-9(2)5-6-11(8-14)10(12)3/h5-6H,4,7-8H2,1-3H3. The molecule has 0 spiro atoms. The van der Waals surface area contributed by atoms with E-state index in [1.165, 1.54) is 11.1 Å². The van der Waals surface area contributed by atoms with Crippen molar-refractivity contribution < 1.29 is 9.53 Å². The summed E-state index contributed by atoms with van der Waals surface area (Å²) in [4.78, 5) is 11.5. The number of carbonyl (C=O) groups excluding carboxylic acids is 1. The maximum atomic E-state index is 11.5. The zero-order chi connectivity index (χ0) is 12.1. The number of rotatable bonds is 4. The van der Waals surface area contributed by atoms with Crippen LogP contribution in [0.2, 0.25) is 0 Å². The highest BCUT2D eigenvalue weighted by molar-refractivity contribution is 9.08. The zero-order valence-electron chi connectivity index (χ0n) is 9.97. The monoisotopic (exact) mass is 284 g/mol. The van der Waals surface area contributed by atoms with Crippen molar-refractivity contribution in [3.05, 3.63) is 34.4 Å². The molecule has 0 fully saturated rings. The number of hydrogen-bond acceptors (Lipinski definition) is 2. The molecule has 0 radical (unpaired) electrons. The molecule has 0 heterocycles. The minimum Gasteiger partial charge on any atom is -0.466 e. The predicted octanol–water partition coefficient (Wildman–Crippen LogP) is 3.30. The fourth-order valence-electron chi connectivity index (χ4n) is 1.71. The van der Waals surface area contributed by atoms with E-state index in [1.807, 2.05) is 13.8 Å². The first-order valence-corrected chi connectivity index (χ1v) is 6.51. The minimum atomic E-state index is -0.152. The highest BCUT2D eigenvalue weighted by Crippen LogP contribution is 2.21. The molecule has 0 atom stereocenters. The Bertz CT molecular complexity index is 386. The summed E-state index contributed by atoms with van der Waals surface area (Å²) in [6.07, 6.45) is 0.367. The molecule has 2 nitrogen and oxygen atoms in total. The Kier molecular flexibility index (Phi) is 5.00. The Morgan fingerprint density at radius 1 is 1.38 bits per heavy atom. The number of halogens is 1. The summed E-state index contributed by atoms with van der Waals surface area (Å²) in [5.74, 6) is -0.152. The number of carbonyl (C=O) groups is 1. The van der Waals surface area contributed by atoms with Gasteiger partial charge in [0.2, 0.25) is 0 Å². The molecule has 0 N–H and O–H groups in total. The van der Waals surface area contributed by atoms with Crippen molar-refractivity contribution in [2.75, 3.05) is 6.61 Å². The summed E-state index contributed by atoms with van der Waals surface area (Å²) in [6, 6.07) is 4.15. The van der Waals surface area contributed by atoms with E-state index in [0.717, 1.165) is 16.5 Å².